The summed E-state index contributed by atoms with van der Waals surface area (Å²) < 4.78 is 48.7. The molecule has 0 fully saturated rings. The third-order valence-corrected chi connectivity index (χ3v) is 8.39. The Morgan fingerprint density at radius 1 is 0.929 bits per heavy atom. The molecule has 226 valence electrons. The maximum absolute atomic E-state index is 14.9. The number of hydrogen-bond donors (Lipinski definition) is 1. The predicted molar refractivity (Wildman–Crippen MR) is 162 cm³/mol. The highest BCUT2D eigenvalue weighted by molar-refractivity contribution is 7.90. The van der Waals surface area contributed by atoms with Crippen molar-refractivity contribution in [3.05, 3.63) is 95.8 Å². The fourth-order valence-electron chi connectivity index (χ4n) is 4.30. The lowest BCUT2D eigenvalue weighted by Crippen LogP contribution is -2.54. The number of halogens is 1. The van der Waals surface area contributed by atoms with E-state index in [1.165, 1.54) is 44.3 Å². The minimum atomic E-state index is -4.29. The van der Waals surface area contributed by atoms with E-state index in [-0.39, 0.29) is 30.5 Å². The number of anilines is 1. The average Bonchev–Trinajstić information content (AvgIpc) is 2.97. The number of benzene rings is 3. The van der Waals surface area contributed by atoms with Crippen LogP contribution in [0.25, 0.3) is 0 Å². The number of amides is 2. The van der Waals surface area contributed by atoms with Gasteiger partial charge in [-0.1, -0.05) is 68.4 Å². The molecular formula is C31H39FN4O5S. The topological polar surface area (TPSA) is 99.3 Å². The summed E-state index contributed by atoms with van der Waals surface area (Å²) in [4.78, 5) is 29.3. The third kappa shape index (κ3) is 8.53. The van der Waals surface area contributed by atoms with Gasteiger partial charge in [-0.2, -0.15) is 12.7 Å². The quantitative estimate of drug-likeness (QED) is 0.304. The smallest absolute Gasteiger partial charge is 0.304 e. The minimum Gasteiger partial charge on any atom is -0.497 e. The van der Waals surface area contributed by atoms with E-state index < -0.39 is 34.5 Å². The summed E-state index contributed by atoms with van der Waals surface area (Å²) in [6.07, 6.45) is 0.181. The fourth-order valence-corrected chi connectivity index (χ4v) is 5.36. The molecule has 1 N–H and O–H groups in total. The number of nitrogens with zero attached hydrogens (tertiary/aromatic N) is 3. The van der Waals surface area contributed by atoms with Gasteiger partial charge in [-0.15, -0.1) is 0 Å². The van der Waals surface area contributed by atoms with Crippen LogP contribution in [0.2, 0.25) is 0 Å². The molecule has 0 spiro atoms. The lowest BCUT2D eigenvalue weighted by atomic mass is 10.0. The van der Waals surface area contributed by atoms with Crippen LogP contribution >= 0.6 is 0 Å². The second-order valence-corrected chi connectivity index (χ2v) is 12.5. The second kappa shape index (κ2) is 14.8. The summed E-state index contributed by atoms with van der Waals surface area (Å²) in [6, 6.07) is 20.7. The Hall–Kier alpha value is -3.96. The monoisotopic (exact) mass is 598 g/mol. The molecule has 0 heterocycles. The zero-order chi connectivity index (χ0) is 30.9. The molecule has 9 nitrogen and oxygen atoms in total. The van der Waals surface area contributed by atoms with E-state index in [1.807, 2.05) is 44.2 Å². The van der Waals surface area contributed by atoms with Gasteiger partial charge in [0.05, 0.1) is 12.8 Å². The Morgan fingerprint density at radius 2 is 1.57 bits per heavy atom. The number of hydrogen-bond acceptors (Lipinski definition) is 5. The van der Waals surface area contributed by atoms with Crippen LogP contribution in [-0.4, -0.2) is 69.8 Å². The standard InChI is InChI=1S/C31H39FN4O5S/c1-23(2)20-33-31(38)29(19-24-12-7-6-8-13-24)35(21-25-14-11-15-26(18-25)41-5)30(37)22-36(42(39,40)34(3)4)28-17-10-9-16-27(28)32/h6-18,23,29H,19-22H2,1-5H3,(H,33,38)/t29-/m0/s1. The van der Waals surface area contributed by atoms with Crippen molar-refractivity contribution < 1.29 is 27.1 Å². The Bertz CT molecular complexity index is 1450. The molecule has 0 aliphatic carbocycles. The van der Waals surface area contributed by atoms with Crippen molar-refractivity contribution in [2.45, 2.75) is 32.9 Å². The fraction of sp³-hybridized carbons (Fsp3) is 0.355. The molecule has 0 aromatic heterocycles. The van der Waals surface area contributed by atoms with Crippen LogP contribution in [0.3, 0.4) is 0 Å². The van der Waals surface area contributed by atoms with Crippen LogP contribution in [0, 0.1) is 11.7 Å². The Balaban J connectivity index is 2.11. The van der Waals surface area contributed by atoms with E-state index in [9.17, 15) is 22.4 Å². The Morgan fingerprint density at radius 3 is 2.19 bits per heavy atom. The van der Waals surface area contributed by atoms with Gasteiger partial charge in [0.1, 0.15) is 24.2 Å². The van der Waals surface area contributed by atoms with Gasteiger partial charge in [-0.25, -0.2) is 8.70 Å². The maximum Gasteiger partial charge on any atom is 0.304 e. The number of carbonyl (C=O) groups excluding carboxylic acids is 2. The van der Waals surface area contributed by atoms with E-state index in [2.05, 4.69) is 5.32 Å². The molecule has 0 radical (unpaired) electrons. The summed E-state index contributed by atoms with van der Waals surface area (Å²) in [5.41, 5.74) is 1.22. The summed E-state index contributed by atoms with van der Waals surface area (Å²) in [6.45, 7) is 3.57. The van der Waals surface area contributed by atoms with E-state index in [0.29, 0.717) is 17.9 Å². The van der Waals surface area contributed by atoms with Crippen molar-refractivity contribution in [2.75, 3.05) is 38.6 Å². The molecule has 0 bridgehead atoms. The van der Waals surface area contributed by atoms with Crippen LogP contribution in [0.15, 0.2) is 78.9 Å². The first kappa shape index (κ1) is 32.6. The maximum atomic E-state index is 14.9. The van der Waals surface area contributed by atoms with E-state index >= 15 is 0 Å². The van der Waals surface area contributed by atoms with Gasteiger partial charge in [0.25, 0.3) is 0 Å². The summed E-state index contributed by atoms with van der Waals surface area (Å²) in [5, 5.41) is 2.93. The predicted octanol–water partition coefficient (Wildman–Crippen LogP) is 3.86. The zero-order valence-electron chi connectivity index (χ0n) is 24.7. The van der Waals surface area contributed by atoms with E-state index in [1.54, 1.807) is 24.3 Å². The highest BCUT2D eigenvalue weighted by atomic mass is 32.2. The van der Waals surface area contributed by atoms with Crippen molar-refractivity contribution in [1.82, 2.24) is 14.5 Å². The lowest BCUT2D eigenvalue weighted by molar-refractivity contribution is -0.140. The molecule has 11 heteroatoms. The number of para-hydroxylation sites is 1. The van der Waals surface area contributed by atoms with Gasteiger partial charge in [0, 0.05) is 33.6 Å². The minimum absolute atomic E-state index is 0.0181. The number of ether oxygens (including phenoxy) is 1. The molecule has 2 amide bonds. The average molecular weight is 599 g/mol. The van der Waals surface area contributed by atoms with Gasteiger partial charge in [-0.05, 0) is 41.3 Å². The molecule has 0 saturated heterocycles. The largest absolute Gasteiger partial charge is 0.497 e. The van der Waals surface area contributed by atoms with Crippen LogP contribution in [0.5, 0.6) is 5.75 Å². The van der Waals surface area contributed by atoms with E-state index in [0.717, 1.165) is 20.2 Å². The van der Waals surface area contributed by atoms with Crippen molar-refractivity contribution in [1.29, 1.82) is 0 Å². The van der Waals surface area contributed by atoms with Crippen molar-refractivity contribution in [3.63, 3.8) is 0 Å². The SMILES string of the molecule is COc1cccc(CN(C(=O)CN(c2ccccc2F)S(=O)(=O)N(C)C)[C@@H](Cc2ccccc2)C(=O)NCC(C)C)c1. The van der Waals surface area contributed by atoms with Crippen LogP contribution in [0.4, 0.5) is 10.1 Å². The van der Waals surface area contributed by atoms with Crippen molar-refractivity contribution in [3.8, 4) is 5.75 Å². The summed E-state index contributed by atoms with van der Waals surface area (Å²) in [5.74, 6) is -1.13. The lowest BCUT2D eigenvalue weighted by Gasteiger charge is -2.34. The number of carbonyl (C=O) groups is 2. The first-order chi connectivity index (χ1) is 19.9. The number of nitrogens with one attached hydrogen (secondary N) is 1. The van der Waals surface area contributed by atoms with Crippen LogP contribution in [-0.2, 0) is 32.8 Å². The van der Waals surface area contributed by atoms with Crippen LogP contribution < -0.4 is 14.4 Å². The highest BCUT2D eigenvalue weighted by Gasteiger charge is 2.35. The molecule has 0 aliphatic rings. The molecule has 3 aromatic carbocycles. The van der Waals surface area contributed by atoms with E-state index in [4.69, 9.17) is 4.74 Å². The Labute approximate surface area is 248 Å². The van der Waals surface area contributed by atoms with Gasteiger partial charge in [0.2, 0.25) is 11.8 Å². The van der Waals surface area contributed by atoms with Gasteiger partial charge < -0.3 is 15.0 Å². The first-order valence-corrected chi connectivity index (χ1v) is 15.0. The molecule has 0 saturated carbocycles. The van der Waals surface area contributed by atoms with Gasteiger partial charge in [0.15, 0.2) is 0 Å². The molecule has 3 aromatic rings. The van der Waals surface area contributed by atoms with Crippen LogP contribution in [0.1, 0.15) is 25.0 Å². The molecule has 42 heavy (non-hydrogen) atoms. The molecular weight excluding hydrogens is 559 g/mol. The normalized spacial score (nSPS) is 12.2. The molecule has 0 unspecified atom stereocenters. The first-order valence-electron chi connectivity index (χ1n) is 13.6. The number of methoxy groups -OCH3 is 1. The highest BCUT2D eigenvalue weighted by Crippen LogP contribution is 2.25. The van der Waals surface area contributed by atoms with Crippen molar-refractivity contribution in [2.24, 2.45) is 5.92 Å². The Kier molecular flexibility index (Phi) is 11.5. The summed E-state index contributed by atoms with van der Waals surface area (Å²) in [7, 11) is -0.159. The summed E-state index contributed by atoms with van der Waals surface area (Å²) >= 11 is 0. The third-order valence-electron chi connectivity index (χ3n) is 6.58. The molecule has 3 rings (SSSR count). The molecule has 1 atom stereocenters. The van der Waals surface area contributed by atoms with Crippen molar-refractivity contribution >= 4 is 27.7 Å². The van der Waals surface area contributed by atoms with Gasteiger partial charge in [-0.3, -0.25) is 9.59 Å². The second-order valence-electron chi connectivity index (χ2n) is 10.5. The molecule has 0 aliphatic heterocycles. The number of rotatable bonds is 14. The van der Waals surface area contributed by atoms with Gasteiger partial charge >= 0.3 is 10.2 Å². The zero-order valence-corrected chi connectivity index (χ0v) is 25.5.